The van der Waals surface area contributed by atoms with Crippen LogP contribution in [0.25, 0.3) is 0 Å². The fourth-order valence-corrected chi connectivity index (χ4v) is 7.65. The zero-order chi connectivity index (χ0) is 23.1. The van der Waals surface area contributed by atoms with E-state index in [9.17, 15) is 18.0 Å². The number of nitrogens with one attached hydrogen (secondary N) is 1. The van der Waals surface area contributed by atoms with Gasteiger partial charge < -0.3 is 10.2 Å². The lowest BCUT2D eigenvalue weighted by Crippen LogP contribution is -2.46. The number of rotatable bonds is 8. The van der Waals surface area contributed by atoms with E-state index in [-0.39, 0.29) is 28.9 Å². The lowest BCUT2D eigenvalue weighted by atomic mass is 9.83. The Bertz CT molecular complexity index is 716. The van der Waals surface area contributed by atoms with Gasteiger partial charge in [0.2, 0.25) is 11.8 Å². The third-order valence-corrected chi connectivity index (χ3v) is 10.6. The lowest BCUT2D eigenvalue weighted by Gasteiger charge is -2.38. The number of amides is 2. The van der Waals surface area contributed by atoms with E-state index in [4.69, 9.17) is 0 Å². The van der Waals surface area contributed by atoms with Crippen molar-refractivity contribution >= 4 is 21.7 Å². The Morgan fingerprint density at radius 2 is 1.47 bits per heavy atom. The number of nitrogens with zero attached hydrogens (tertiary/aromatic N) is 1. The van der Waals surface area contributed by atoms with Gasteiger partial charge >= 0.3 is 0 Å². The summed E-state index contributed by atoms with van der Waals surface area (Å²) in [5.74, 6) is 1.05. The van der Waals surface area contributed by atoms with Crippen LogP contribution in [0, 0.1) is 11.8 Å². The third kappa shape index (κ3) is 6.71. The molecule has 3 fully saturated rings. The van der Waals surface area contributed by atoms with Crippen molar-refractivity contribution in [2.24, 2.45) is 11.8 Å². The highest BCUT2D eigenvalue weighted by atomic mass is 32.2. The van der Waals surface area contributed by atoms with Crippen LogP contribution in [0.3, 0.4) is 0 Å². The lowest BCUT2D eigenvalue weighted by molar-refractivity contribution is -0.139. The first-order valence-electron chi connectivity index (χ1n) is 13.1. The molecule has 0 aromatic heterocycles. The van der Waals surface area contributed by atoms with Gasteiger partial charge in [0.25, 0.3) is 0 Å². The molecule has 0 spiro atoms. The molecule has 0 heterocycles. The number of hydrogen-bond donors (Lipinski definition) is 1. The standard InChI is InChI=1S/C25H44N2O4S/c1-3-27(22-8-6-5-7-9-22)25(29)20-12-14-21(15-13-20)26-24(28)18-19-10-16-23(17-11-19)32(30,31)4-2/h19-23H,3-18H2,1-2H3,(H,26,28). The van der Waals surface area contributed by atoms with Gasteiger partial charge in [-0.3, -0.25) is 9.59 Å². The van der Waals surface area contributed by atoms with Crippen LogP contribution in [0.4, 0.5) is 0 Å². The smallest absolute Gasteiger partial charge is 0.225 e. The summed E-state index contributed by atoms with van der Waals surface area (Å²) in [4.78, 5) is 27.9. The molecule has 0 bridgehead atoms. The van der Waals surface area contributed by atoms with Crippen molar-refractivity contribution in [2.75, 3.05) is 12.3 Å². The van der Waals surface area contributed by atoms with Crippen molar-refractivity contribution in [1.29, 1.82) is 0 Å². The molecule has 3 aliphatic carbocycles. The van der Waals surface area contributed by atoms with Crippen molar-refractivity contribution in [3.63, 3.8) is 0 Å². The zero-order valence-corrected chi connectivity index (χ0v) is 21.0. The average Bonchev–Trinajstić information content (AvgIpc) is 2.81. The van der Waals surface area contributed by atoms with Crippen LogP contribution in [-0.4, -0.2) is 54.8 Å². The van der Waals surface area contributed by atoms with Crippen LogP contribution < -0.4 is 5.32 Å². The summed E-state index contributed by atoms with van der Waals surface area (Å²) in [6.45, 7) is 4.62. The first-order chi connectivity index (χ1) is 15.3. The molecule has 1 N–H and O–H groups in total. The molecule has 32 heavy (non-hydrogen) atoms. The molecule has 3 aliphatic rings. The molecule has 7 heteroatoms. The summed E-state index contributed by atoms with van der Waals surface area (Å²) in [6, 6.07) is 0.606. The van der Waals surface area contributed by atoms with Gasteiger partial charge in [0.15, 0.2) is 9.84 Å². The Labute approximate surface area is 195 Å². The number of carbonyl (C=O) groups is 2. The second-order valence-electron chi connectivity index (χ2n) is 10.3. The average molecular weight is 469 g/mol. The van der Waals surface area contributed by atoms with Gasteiger partial charge in [0.1, 0.15) is 0 Å². The summed E-state index contributed by atoms with van der Waals surface area (Å²) in [7, 11) is -2.96. The minimum Gasteiger partial charge on any atom is -0.353 e. The Kier molecular flexibility index (Phi) is 9.44. The van der Waals surface area contributed by atoms with Crippen molar-refractivity contribution < 1.29 is 18.0 Å². The van der Waals surface area contributed by atoms with Crippen LogP contribution in [0.5, 0.6) is 0 Å². The van der Waals surface area contributed by atoms with Crippen molar-refractivity contribution in [3.8, 4) is 0 Å². The molecule has 0 aromatic carbocycles. The first-order valence-corrected chi connectivity index (χ1v) is 14.9. The van der Waals surface area contributed by atoms with E-state index in [0.29, 0.717) is 37.1 Å². The number of hydrogen-bond acceptors (Lipinski definition) is 4. The van der Waals surface area contributed by atoms with Crippen molar-refractivity contribution in [2.45, 2.75) is 121 Å². The molecule has 0 radical (unpaired) electrons. The first kappa shape index (κ1) is 25.5. The maximum Gasteiger partial charge on any atom is 0.225 e. The van der Waals surface area contributed by atoms with Gasteiger partial charge in [-0.05, 0) is 77.0 Å². The molecule has 0 aromatic rings. The van der Waals surface area contributed by atoms with E-state index < -0.39 is 9.84 Å². The third-order valence-electron chi connectivity index (χ3n) is 8.26. The Balaban J connectivity index is 1.38. The minimum absolute atomic E-state index is 0.0963. The van der Waals surface area contributed by atoms with Crippen LogP contribution in [0.15, 0.2) is 0 Å². The largest absolute Gasteiger partial charge is 0.353 e. The molecule has 6 nitrogen and oxygen atoms in total. The molecule has 0 aliphatic heterocycles. The van der Waals surface area contributed by atoms with Crippen LogP contribution in [-0.2, 0) is 19.4 Å². The van der Waals surface area contributed by atoms with E-state index in [2.05, 4.69) is 17.1 Å². The number of carbonyl (C=O) groups excluding carboxylic acids is 2. The Morgan fingerprint density at radius 1 is 0.844 bits per heavy atom. The molecular formula is C25H44N2O4S. The summed E-state index contributed by atoms with van der Waals surface area (Å²) in [6.07, 6.45) is 13.1. The van der Waals surface area contributed by atoms with Crippen LogP contribution in [0.2, 0.25) is 0 Å². The quantitative estimate of drug-likeness (QED) is 0.578. The summed E-state index contributed by atoms with van der Waals surface area (Å²) < 4.78 is 24.1. The van der Waals surface area contributed by atoms with Crippen LogP contribution >= 0.6 is 0 Å². The SMILES string of the molecule is CCN(C(=O)C1CCC(NC(=O)CC2CCC(S(=O)(=O)CC)CC2)CC1)C1CCCCC1. The molecule has 0 saturated heterocycles. The predicted octanol–water partition coefficient (Wildman–Crippen LogP) is 4.23. The maximum absolute atomic E-state index is 13.1. The van der Waals surface area contributed by atoms with Gasteiger partial charge in [-0.15, -0.1) is 0 Å². The maximum atomic E-state index is 13.1. The van der Waals surface area contributed by atoms with Gasteiger partial charge in [-0.25, -0.2) is 8.42 Å². The molecule has 184 valence electrons. The van der Waals surface area contributed by atoms with E-state index >= 15 is 0 Å². The second-order valence-corrected chi connectivity index (χ2v) is 12.9. The highest BCUT2D eigenvalue weighted by Gasteiger charge is 2.34. The monoisotopic (exact) mass is 468 g/mol. The van der Waals surface area contributed by atoms with Gasteiger partial charge in [0.05, 0.1) is 5.25 Å². The summed E-state index contributed by atoms with van der Waals surface area (Å²) >= 11 is 0. The van der Waals surface area contributed by atoms with Gasteiger partial charge in [0, 0.05) is 36.7 Å². The highest BCUT2D eigenvalue weighted by molar-refractivity contribution is 7.92. The van der Waals surface area contributed by atoms with Gasteiger partial charge in [-0.2, -0.15) is 0 Å². The highest BCUT2D eigenvalue weighted by Crippen LogP contribution is 2.32. The van der Waals surface area contributed by atoms with Gasteiger partial charge in [-0.1, -0.05) is 26.2 Å². The van der Waals surface area contributed by atoms with E-state index in [1.165, 1.54) is 19.3 Å². The molecule has 2 amide bonds. The van der Waals surface area contributed by atoms with E-state index in [0.717, 1.165) is 57.9 Å². The molecule has 3 saturated carbocycles. The van der Waals surface area contributed by atoms with E-state index in [1.807, 2.05) is 0 Å². The fourth-order valence-electron chi connectivity index (χ4n) is 6.19. The summed E-state index contributed by atoms with van der Waals surface area (Å²) in [5.41, 5.74) is 0. The topological polar surface area (TPSA) is 83.6 Å². The predicted molar refractivity (Wildman–Crippen MR) is 128 cm³/mol. The van der Waals surface area contributed by atoms with Crippen LogP contribution in [0.1, 0.15) is 104 Å². The Morgan fingerprint density at radius 3 is 2.03 bits per heavy atom. The minimum atomic E-state index is -2.96. The zero-order valence-electron chi connectivity index (χ0n) is 20.2. The summed E-state index contributed by atoms with van der Waals surface area (Å²) in [5, 5.41) is 2.99. The molecule has 0 unspecified atom stereocenters. The van der Waals surface area contributed by atoms with E-state index in [1.54, 1.807) is 6.92 Å². The molecular weight excluding hydrogens is 424 g/mol. The van der Waals surface area contributed by atoms with Crippen molar-refractivity contribution in [3.05, 3.63) is 0 Å². The fraction of sp³-hybridized carbons (Fsp3) is 0.920. The molecule has 0 atom stereocenters. The Hall–Kier alpha value is -1.11. The van der Waals surface area contributed by atoms with Crippen molar-refractivity contribution in [1.82, 2.24) is 10.2 Å². The number of sulfone groups is 1. The second kappa shape index (κ2) is 11.8. The normalized spacial score (nSPS) is 29.9. The molecule has 3 rings (SSSR count).